The standard InChI is InChI=1S/C23H28N2O4S/c1-23(2,3)17-9-13-19(14-10-17)29-15-5-6-20(26)25-22(30)24-18-11-7-16(8-12-18)21(27)28-4/h7-14H,5-6,15H2,1-4H3,(H2,24,25,26,30). The number of thiocarbonyl (C=S) groups is 1. The summed E-state index contributed by atoms with van der Waals surface area (Å²) in [4.78, 5) is 23.5. The van der Waals surface area contributed by atoms with Crippen LogP contribution in [0.5, 0.6) is 5.75 Å². The van der Waals surface area contributed by atoms with Crippen molar-refractivity contribution in [2.75, 3.05) is 19.0 Å². The van der Waals surface area contributed by atoms with Gasteiger partial charge in [0, 0.05) is 12.1 Å². The Morgan fingerprint density at radius 2 is 1.63 bits per heavy atom. The molecule has 0 atom stereocenters. The first-order valence-corrected chi connectivity index (χ1v) is 10.1. The van der Waals surface area contributed by atoms with Crippen molar-refractivity contribution in [2.24, 2.45) is 0 Å². The number of carbonyl (C=O) groups excluding carboxylic acids is 2. The summed E-state index contributed by atoms with van der Waals surface area (Å²) in [6.45, 7) is 6.94. The highest BCUT2D eigenvalue weighted by atomic mass is 32.1. The Balaban J connectivity index is 1.69. The molecule has 2 N–H and O–H groups in total. The van der Waals surface area contributed by atoms with Gasteiger partial charge in [0.1, 0.15) is 5.75 Å². The van der Waals surface area contributed by atoms with Gasteiger partial charge in [-0.25, -0.2) is 4.79 Å². The Kier molecular flexibility index (Phi) is 8.35. The first-order chi connectivity index (χ1) is 14.2. The number of methoxy groups -OCH3 is 1. The SMILES string of the molecule is COC(=O)c1ccc(NC(=S)NC(=O)CCCOc2ccc(C(C)(C)C)cc2)cc1. The van der Waals surface area contributed by atoms with Gasteiger partial charge < -0.3 is 20.1 Å². The smallest absolute Gasteiger partial charge is 0.337 e. The minimum Gasteiger partial charge on any atom is -0.494 e. The Bertz CT molecular complexity index is 872. The van der Waals surface area contributed by atoms with E-state index in [1.54, 1.807) is 24.3 Å². The number of ether oxygens (including phenoxy) is 2. The highest BCUT2D eigenvalue weighted by Gasteiger charge is 2.13. The molecule has 0 aromatic heterocycles. The fraction of sp³-hybridized carbons (Fsp3) is 0.348. The quantitative estimate of drug-likeness (QED) is 0.386. The molecule has 0 heterocycles. The van der Waals surface area contributed by atoms with Crippen molar-refractivity contribution in [2.45, 2.75) is 39.0 Å². The van der Waals surface area contributed by atoms with E-state index in [0.29, 0.717) is 30.7 Å². The zero-order chi connectivity index (χ0) is 22.1. The summed E-state index contributed by atoms with van der Waals surface area (Å²) in [5, 5.41) is 5.74. The summed E-state index contributed by atoms with van der Waals surface area (Å²) in [6, 6.07) is 14.6. The second-order valence-corrected chi connectivity index (χ2v) is 8.21. The molecule has 0 unspecified atom stereocenters. The number of hydrogen-bond donors (Lipinski definition) is 2. The van der Waals surface area contributed by atoms with Crippen molar-refractivity contribution < 1.29 is 19.1 Å². The van der Waals surface area contributed by atoms with Crippen LogP contribution < -0.4 is 15.4 Å². The van der Waals surface area contributed by atoms with E-state index in [4.69, 9.17) is 17.0 Å². The van der Waals surface area contributed by atoms with Crippen molar-refractivity contribution in [3.05, 3.63) is 59.7 Å². The molecule has 1 amide bonds. The van der Waals surface area contributed by atoms with Gasteiger partial charge in [-0.3, -0.25) is 4.79 Å². The molecular formula is C23H28N2O4S. The number of hydrogen-bond acceptors (Lipinski definition) is 5. The van der Waals surface area contributed by atoms with E-state index in [1.807, 2.05) is 12.1 Å². The fourth-order valence-corrected chi connectivity index (χ4v) is 2.86. The highest BCUT2D eigenvalue weighted by molar-refractivity contribution is 7.80. The van der Waals surface area contributed by atoms with Crippen LogP contribution >= 0.6 is 12.2 Å². The van der Waals surface area contributed by atoms with Crippen LogP contribution in [-0.4, -0.2) is 30.7 Å². The second kappa shape index (κ2) is 10.7. The summed E-state index contributed by atoms with van der Waals surface area (Å²) in [5.74, 6) is 0.186. The maximum Gasteiger partial charge on any atom is 0.337 e. The van der Waals surface area contributed by atoms with Crippen LogP contribution in [0, 0.1) is 0 Å². The molecule has 160 valence electrons. The molecule has 0 radical (unpaired) electrons. The minimum atomic E-state index is -0.412. The first kappa shape index (κ1) is 23.3. The number of amides is 1. The summed E-state index contributed by atoms with van der Waals surface area (Å²) < 4.78 is 10.3. The molecule has 0 saturated carbocycles. The van der Waals surface area contributed by atoms with Gasteiger partial charge in [0.15, 0.2) is 5.11 Å². The average Bonchev–Trinajstić information content (AvgIpc) is 2.70. The van der Waals surface area contributed by atoms with Crippen molar-refractivity contribution >= 4 is 34.9 Å². The van der Waals surface area contributed by atoms with Crippen molar-refractivity contribution in [3.8, 4) is 5.75 Å². The van der Waals surface area contributed by atoms with Gasteiger partial charge in [0.05, 0.1) is 19.3 Å². The van der Waals surface area contributed by atoms with Crippen molar-refractivity contribution in [1.82, 2.24) is 5.32 Å². The predicted molar refractivity (Wildman–Crippen MR) is 122 cm³/mol. The molecule has 0 aliphatic carbocycles. The Hall–Kier alpha value is -2.93. The third kappa shape index (κ3) is 7.48. The van der Waals surface area contributed by atoms with E-state index in [-0.39, 0.29) is 16.4 Å². The van der Waals surface area contributed by atoms with Crippen LogP contribution in [0.4, 0.5) is 5.69 Å². The Morgan fingerprint density at radius 3 is 2.20 bits per heavy atom. The number of anilines is 1. The molecule has 7 heteroatoms. The van der Waals surface area contributed by atoms with Crippen LogP contribution in [0.3, 0.4) is 0 Å². The number of nitrogens with one attached hydrogen (secondary N) is 2. The molecule has 2 aromatic rings. The fourth-order valence-electron chi connectivity index (χ4n) is 2.63. The summed E-state index contributed by atoms with van der Waals surface area (Å²) in [7, 11) is 1.33. The van der Waals surface area contributed by atoms with E-state index in [2.05, 4.69) is 48.3 Å². The van der Waals surface area contributed by atoms with Gasteiger partial charge in [0.25, 0.3) is 0 Å². The second-order valence-electron chi connectivity index (χ2n) is 7.80. The summed E-state index contributed by atoms with van der Waals surface area (Å²) >= 11 is 5.15. The lowest BCUT2D eigenvalue weighted by molar-refractivity contribution is -0.119. The molecule has 0 spiro atoms. The summed E-state index contributed by atoms with van der Waals surface area (Å²) in [5.41, 5.74) is 2.45. The Morgan fingerprint density at radius 1 is 1.00 bits per heavy atom. The molecular weight excluding hydrogens is 400 g/mol. The van der Waals surface area contributed by atoms with Gasteiger partial charge in [0.2, 0.25) is 5.91 Å². The largest absolute Gasteiger partial charge is 0.494 e. The van der Waals surface area contributed by atoms with Crippen LogP contribution in [0.25, 0.3) is 0 Å². The zero-order valence-electron chi connectivity index (χ0n) is 17.8. The number of carbonyl (C=O) groups is 2. The first-order valence-electron chi connectivity index (χ1n) is 9.71. The molecule has 2 aromatic carbocycles. The van der Waals surface area contributed by atoms with E-state index in [1.165, 1.54) is 12.7 Å². The molecule has 0 aliphatic heterocycles. The zero-order valence-corrected chi connectivity index (χ0v) is 18.6. The molecule has 2 rings (SSSR count). The van der Waals surface area contributed by atoms with Gasteiger partial charge >= 0.3 is 5.97 Å². The number of benzene rings is 2. The molecule has 0 fully saturated rings. The van der Waals surface area contributed by atoms with E-state index in [9.17, 15) is 9.59 Å². The van der Waals surface area contributed by atoms with E-state index >= 15 is 0 Å². The lowest BCUT2D eigenvalue weighted by Crippen LogP contribution is -2.34. The van der Waals surface area contributed by atoms with Crippen molar-refractivity contribution in [1.29, 1.82) is 0 Å². The van der Waals surface area contributed by atoms with Crippen molar-refractivity contribution in [3.63, 3.8) is 0 Å². The number of rotatable bonds is 7. The van der Waals surface area contributed by atoms with Gasteiger partial charge in [-0.05, 0) is 66.0 Å². The van der Waals surface area contributed by atoms with Gasteiger partial charge in [-0.2, -0.15) is 0 Å². The third-order valence-electron chi connectivity index (χ3n) is 4.35. The molecule has 0 saturated heterocycles. The monoisotopic (exact) mass is 428 g/mol. The number of esters is 1. The topological polar surface area (TPSA) is 76.7 Å². The molecule has 0 bridgehead atoms. The molecule has 6 nitrogen and oxygen atoms in total. The highest BCUT2D eigenvalue weighted by Crippen LogP contribution is 2.24. The van der Waals surface area contributed by atoms with E-state index < -0.39 is 5.97 Å². The minimum absolute atomic E-state index is 0.104. The van der Waals surface area contributed by atoms with Crippen LogP contribution in [0.15, 0.2) is 48.5 Å². The van der Waals surface area contributed by atoms with Crippen LogP contribution in [-0.2, 0) is 14.9 Å². The lowest BCUT2D eigenvalue weighted by Gasteiger charge is -2.19. The lowest BCUT2D eigenvalue weighted by atomic mass is 9.87. The third-order valence-corrected chi connectivity index (χ3v) is 4.56. The van der Waals surface area contributed by atoms with Crippen LogP contribution in [0.1, 0.15) is 49.5 Å². The molecule has 0 aliphatic rings. The predicted octanol–water partition coefficient (Wildman–Crippen LogP) is 4.44. The average molecular weight is 429 g/mol. The normalized spacial score (nSPS) is 10.8. The van der Waals surface area contributed by atoms with E-state index in [0.717, 1.165) is 5.75 Å². The Labute approximate surface area is 183 Å². The maximum atomic E-state index is 12.0. The molecule has 30 heavy (non-hydrogen) atoms. The maximum absolute atomic E-state index is 12.0. The van der Waals surface area contributed by atoms with Gasteiger partial charge in [-0.15, -0.1) is 0 Å². The van der Waals surface area contributed by atoms with Crippen LogP contribution in [0.2, 0.25) is 0 Å². The van der Waals surface area contributed by atoms with Gasteiger partial charge in [-0.1, -0.05) is 32.9 Å². The summed E-state index contributed by atoms with van der Waals surface area (Å²) in [6.07, 6.45) is 0.868.